The minimum absolute atomic E-state index is 0.0561. The van der Waals surface area contributed by atoms with E-state index in [1.165, 1.54) is 23.8 Å². The second-order valence-corrected chi connectivity index (χ2v) is 10.8. The van der Waals surface area contributed by atoms with Gasteiger partial charge in [0.1, 0.15) is 34.7 Å². The zero-order valence-electron chi connectivity index (χ0n) is 22.2. The van der Waals surface area contributed by atoms with Crippen LogP contribution >= 0.6 is 0 Å². The minimum atomic E-state index is -0.361. The largest absolute Gasteiger partial charge is 0.369 e. The van der Waals surface area contributed by atoms with E-state index in [4.69, 9.17) is 0 Å². The number of halogens is 1. The van der Waals surface area contributed by atoms with Crippen molar-refractivity contribution in [3.05, 3.63) is 63.3 Å². The Kier molecular flexibility index (Phi) is 7.08. The molecule has 0 bridgehead atoms. The molecule has 0 amide bonds. The monoisotopic (exact) mass is 512 g/mol. The first-order chi connectivity index (χ1) is 18.3. The lowest BCUT2D eigenvalue weighted by Gasteiger charge is -2.44. The number of anilines is 2. The zero-order chi connectivity index (χ0) is 27.0. The summed E-state index contributed by atoms with van der Waals surface area (Å²) in [5.41, 5.74) is 3.31. The standard InChI is InChI=1S/C30H33FN6O/c1-19-15-24(12-13-26(19)31)37(18-20-5-4-6-20)23-10-8-22(9-11-23)35(2)29-25(17-33)30(38)36(3)27-14-7-21(16-32)34-28(27)29/h7,12-15,20,22-23H,4-6,8-11,18H2,1-3H3/t22-,23-. The fourth-order valence-corrected chi connectivity index (χ4v) is 6.07. The Morgan fingerprint density at radius 1 is 1.05 bits per heavy atom. The van der Waals surface area contributed by atoms with Crippen LogP contribution in [0.5, 0.6) is 0 Å². The lowest BCUT2D eigenvalue weighted by molar-refractivity contribution is 0.291. The Morgan fingerprint density at radius 2 is 1.76 bits per heavy atom. The van der Waals surface area contributed by atoms with Crippen molar-refractivity contribution in [2.24, 2.45) is 13.0 Å². The maximum atomic E-state index is 14.0. The zero-order valence-corrected chi connectivity index (χ0v) is 22.2. The molecule has 0 unspecified atom stereocenters. The Bertz CT molecular complexity index is 1500. The molecule has 196 valence electrons. The smallest absolute Gasteiger partial charge is 0.270 e. The molecule has 38 heavy (non-hydrogen) atoms. The molecule has 0 N–H and O–H groups in total. The fraction of sp³-hybridized carbons (Fsp3) is 0.467. The molecule has 8 heteroatoms. The van der Waals surface area contributed by atoms with Crippen molar-refractivity contribution in [1.29, 1.82) is 10.5 Å². The summed E-state index contributed by atoms with van der Waals surface area (Å²) >= 11 is 0. The number of nitriles is 2. The number of rotatable bonds is 6. The second-order valence-electron chi connectivity index (χ2n) is 10.8. The third kappa shape index (κ3) is 4.60. The van der Waals surface area contributed by atoms with E-state index in [-0.39, 0.29) is 28.7 Å². The van der Waals surface area contributed by atoms with Crippen LogP contribution in [0.1, 0.15) is 61.8 Å². The van der Waals surface area contributed by atoms with Gasteiger partial charge in [0.15, 0.2) is 0 Å². The number of aryl methyl sites for hydroxylation is 2. The number of nitrogens with zero attached hydrogens (tertiary/aromatic N) is 6. The van der Waals surface area contributed by atoms with Crippen LogP contribution in [0, 0.1) is 41.3 Å². The quantitative estimate of drug-likeness (QED) is 0.452. The summed E-state index contributed by atoms with van der Waals surface area (Å²) in [6.07, 6.45) is 7.48. The maximum absolute atomic E-state index is 14.0. The highest BCUT2D eigenvalue weighted by Gasteiger charge is 2.33. The molecule has 0 spiro atoms. The highest BCUT2D eigenvalue weighted by atomic mass is 19.1. The molecule has 2 aliphatic rings. The lowest BCUT2D eigenvalue weighted by Crippen LogP contribution is -2.46. The predicted molar refractivity (Wildman–Crippen MR) is 147 cm³/mol. The molecular weight excluding hydrogens is 479 g/mol. The van der Waals surface area contributed by atoms with Crippen molar-refractivity contribution in [1.82, 2.24) is 9.55 Å². The van der Waals surface area contributed by atoms with Crippen molar-refractivity contribution in [2.45, 2.75) is 64.0 Å². The molecule has 2 saturated carbocycles. The molecule has 1 aromatic carbocycles. The summed E-state index contributed by atoms with van der Waals surface area (Å²) in [5, 5.41) is 19.4. The average molecular weight is 513 g/mol. The van der Waals surface area contributed by atoms with Crippen LogP contribution in [0.2, 0.25) is 0 Å². The Hall–Kier alpha value is -3.91. The van der Waals surface area contributed by atoms with E-state index < -0.39 is 0 Å². The topological polar surface area (TPSA) is 89.0 Å². The molecule has 2 fully saturated rings. The van der Waals surface area contributed by atoms with E-state index >= 15 is 0 Å². The van der Waals surface area contributed by atoms with Gasteiger partial charge >= 0.3 is 0 Å². The van der Waals surface area contributed by atoms with E-state index in [9.17, 15) is 19.7 Å². The van der Waals surface area contributed by atoms with Gasteiger partial charge in [0.05, 0.1) is 11.2 Å². The third-order valence-corrected chi connectivity index (χ3v) is 8.60. The summed E-state index contributed by atoms with van der Waals surface area (Å²) in [4.78, 5) is 22.1. The summed E-state index contributed by atoms with van der Waals surface area (Å²) in [6, 6.07) is 13.4. The molecule has 2 heterocycles. The van der Waals surface area contributed by atoms with Crippen LogP contribution in [0.25, 0.3) is 11.0 Å². The fourth-order valence-electron chi connectivity index (χ4n) is 6.07. The van der Waals surface area contributed by atoms with Crippen molar-refractivity contribution in [3.8, 4) is 12.1 Å². The molecule has 0 radical (unpaired) electrons. The highest BCUT2D eigenvalue weighted by Crippen LogP contribution is 2.37. The van der Waals surface area contributed by atoms with Crippen LogP contribution in [0.15, 0.2) is 35.1 Å². The van der Waals surface area contributed by atoms with E-state index in [2.05, 4.69) is 22.0 Å². The Balaban J connectivity index is 1.43. The van der Waals surface area contributed by atoms with Crippen LogP contribution in [-0.2, 0) is 7.05 Å². The maximum Gasteiger partial charge on any atom is 0.270 e. The van der Waals surface area contributed by atoms with Gasteiger partial charge in [0, 0.05) is 38.4 Å². The van der Waals surface area contributed by atoms with Crippen LogP contribution in [-0.4, -0.2) is 35.2 Å². The van der Waals surface area contributed by atoms with Crippen molar-refractivity contribution in [3.63, 3.8) is 0 Å². The van der Waals surface area contributed by atoms with Crippen molar-refractivity contribution >= 4 is 22.4 Å². The Labute approximate surface area is 222 Å². The molecule has 0 aliphatic heterocycles. The molecule has 2 aliphatic carbocycles. The summed E-state index contributed by atoms with van der Waals surface area (Å²) < 4.78 is 15.5. The number of benzene rings is 1. The number of hydrogen-bond acceptors (Lipinski definition) is 6. The molecule has 5 rings (SSSR count). The number of hydrogen-bond donors (Lipinski definition) is 0. The van der Waals surface area contributed by atoms with Crippen LogP contribution in [0.3, 0.4) is 0 Å². The van der Waals surface area contributed by atoms with Gasteiger partial charge in [-0.3, -0.25) is 4.79 Å². The minimum Gasteiger partial charge on any atom is -0.369 e. The third-order valence-electron chi connectivity index (χ3n) is 8.60. The normalized spacial score (nSPS) is 19.4. The summed E-state index contributed by atoms with van der Waals surface area (Å²) in [7, 11) is 3.55. The number of pyridine rings is 2. The molecule has 7 nitrogen and oxygen atoms in total. The van der Waals surface area contributed by atoms with E-state index in [0.717, 1.165) is 37.9 Å². The average Bonchev–Trinajstić information content (AvgIpc) is 2.91. The first-order valence-corrected chi connectivity index (χ1v) is 13.4. The van der Waals surface area contributed by atoms with Gasteiger partial charge < -0.3 is 14.4 Å². The highest BCUT2D eigenvalue weighted by molar-refractivity contribution is 5.92. The summed E-state index contributed by atoms with van der Waals surface area (Å²) in [6.45, 7) is 2.81. The first-order valence-electron chi connectivity index (χ1n) is 13.4. The SMILES string of the molecule is Cc1cc(N(CC2CCC2)[C@H]2CC[C@H](N(C)c3c(C#N)c(=O)n(C)c4ccc(C#N)nc34)CC2)ccc1F. The summed E-state index contributed by atoms with van der Waals surface area (Å²) in [5.74, 6) is 0.511. The van der Waals surface area contributed by atoms with Gasteiger partial charge in [-0.1, -0.05) is 6.42 Å². The van der Waals surface area contributed by atoms with E-state index in [1.54, 1.807) is 25.2 Å². The van der Waals surface area contributed by atoms with Gasteiger partial charge in [0.2, 0.25) is 0 Å². The van der Waals surface area contributed by atoms with E-state index in [0.29, 0.717) is 34.2 Å². The van der Waals surface area contributed by atoms with Crippen molar-refractivity contribution < 1.29 is 4.39 Å². The lowest BCUT2D eigenvalue weighted by atomic mass is 9.83. The van der Waals surface area contributed by atoms with Gasteiger partial charge in [-0.05, 0) is 87.3 Å². The number of fused-ring (bicyclic) bond motifs is 1. The van der Waals surface area contributed by atoms with Gasteiger partial charge in [-0.25, -0.2) is 9.37 Å². The number of aromatic nitrogens is 2. The van der Waals surface area contributed by atoms with Crippen LogP contribution < -0.4 is 15.4 Å². The van der Waals surface area contributed by atoms with Gasteiger partial charge in [-0.15, -0.1) is 0 Å². The van der Waals surface area contributed by atoms with Crippen molar-refractivity contribution in [2.75, 3.05) is 23.4 Å². The van der Waals surface area contributed by atoms with Crippen LogP contribution in [0.4, 0.5) is 15.8 Å². The second kappa shape index (κ2) is 10.5. The van der Waals surface area contributed by atoms with Gasteiger partial charge in [-0.2, -0.15) is 10.5 Å². The molecule has 2 aromatic heterocycles. The molecule has 3 aromatic rings. The molecular formula is C30H33FN6O. The molecule has 0 saturated heterocycles. The Morgan fingerprint density at radius 3 is 2.37 bits per heavy atom. The van der Waals surface area contributed by atoms with Gasteiger partial charge in [0.25, 0.3) is 5.56 Å². The molecule has 0 atom stereocenters. The first kappa shape index (κ1) is 25.7. The predicted octanol–water partition coefficient (Wildman–Crippen LogP) is 5.18. The van der Waals surface area contributed by atoms with E-state index in [1.807, 2.05) is 31.0 Å².